The molecule has 0 fully saturated rings. The highest BCUT2D eigenvalue weighted by Gasteiger charge is 2.21. The Hall–Kier alpha value is -3.35. The summed E-state index contributed by atoms with van der Waals surface area (Å²) in [7, 11) is 1.84. The van der Waals surface area contributed by atoms with Gasteiger partial charge in [-0.05, 0) is 41.8 Å². The van der Waals surface area contributed by atoms with Crippen molar-refractivity contribution in [3.8, 4) is 11.5 Å². The van der Waals surface area contributed by atoms with E-state index < -0.39 is 6.04 Å². The number of nitrogens with zero attached hydrogens (tertiary/aromatic N) is 2. The summed E-state index contributed by atoms with van der Waals surface area (Å²) in [6, 6.07) is 11.3. The van der Waals surface area contributed by atoms with Gasteiger partial charge in [0.05, 0.1) is 0 Å². The molecule has 6 nitrogen and oxygen atoms in total. The van der Waals surface area contributed by atoms with Gasteiger partial charge in [0.15, 0.2) is 11.5 Å². The molecule has 144 valence electrons. The topological polar surface area (TPSA) is 65.4 Å². The molecule has 0 saturated heterocycles. The summed E-state index contributed by atoms with van der Waals surface area (Å²) in [6.45, 7) is 0.220. The zero-order valence-electron chi connectivity index (χ0n) is 15.4. The fraction of sp³-hybridized carbons (Fsp3) is 0.238. The zero-order valence-corrected chi connectivity index (χ0v) is 15.4. The van der Waals surface area contributed by atoms with Gasteiger partial charge in [-0.3, -0.25) is 4.79 Å². The average Bonchev–Trinajstić information content (AvgIpc) is 3.32. The summed E-state index contributed by atoms with van der Waals surface area (Å²) in [5.74, 6) is 1.56. The molecule has 1 aliphatic rings. The Bertz CT molecular complexity index is 1000. The number of fused-ring (bicyclic) bond motifs is 1. The molecule has 0 unspecified atom stereocenters. The molecule has 2 aromatic carbocycles. The van der Waals surface area contributed by atoms with E-state index in [1.165, 1.54) is 12.1 Å². The van der Waals surface area contributed by atoms with Crippen LogP contribution in [0.4, 0.5) is 4.39 Å². The molecular formula is C21H20FN3O3. The first kappa shape index (κ1) is 18.0. The molecule has 0 spiro atoms. The normalized spacial score (nSPS) is 13.4. The molecule has 0 bridgehead atoms. The van der Waals surface area contributed by atoms with Crippen molar-refractivity contribution in [2.75, 3.05) is 6.79 Å². The zero-order chi connectivity index (χ0) is 19.5. The quantitative estimate of drug-likeness (QED) is 0.713. The molecule has 1 aliphatic heterocycles. The molecule has 0 saturated carbocycles. The van der Waals surface area contributed by atoms with Crippen molar-refractivity contribution < 1.29 is 18.7 Å². The highest BCUT2D eigenvalue weighted by Crippen LogP contribution is 2.32. The molecule has 1 atom stereocenters. The van der Waals surface area contributed by atoms with E-state index in [4.69, 9.17) is 9.47 Å². The Labute approximate surface area is 161 Å². The average molecular weight is 381 g/mol. The highest BCUT2D eigenvalue weighted by atomic mass is 19.1. The summed E-state index contributed by atoms with van der Waals surface area (Å²) < 4.78 is 26.2. The number of carbonyl (C=O) groups is 1. The maximum Gasteiger partial charge on any atom is 0.231 e. The van der Waals surface area contributed by atoms with Gasteiger partial charge in [0.2, 0.25) is 12.7 Å². The molecule has 2 heterocycles. The van der Waals surface area contributed by atoms with Crippen LogP contribution in [0, 0.1) is 5.82 Å². The third kappa shape index (κ3) is 3.83. The second kappa shape index (κ2) is 7.72. The fourth-order valence-electron chi connectivity index (χ4n) is 3.23. The van der Waals surface area contributed by atoms with Gasteiger partial charge in [-0.25, -0.2) is 9.37 Å². The second-order valence-electron chi connectivity index (χ2n) is 6.64. The first-order chi connectivity index (χ1) is 13.6. The van der Waals surface area contributed by atoms with E-state index in [0.717, 1.165) is 5.56 Å². The Balaban J connectivity index is 1.47. The van der Waals surface area contributed by atoms with Crippen molar-refractivity contribution in [2.45, 2.75) is 18.9 Å². The first-order valence-corrected chi connectivity index (χ1v) is 9.01. The predicted molar refractivity (Wildman–Crippen MR) is 100 cm³/mol. The van der Waals surface area contributed by atoms with Gasteiger partial charge in [-0.15, -0.1) is 0 Å². The smallest absolute Gasteiger partial charge is 0.231 e. The Morgan fingerprint density at radius 3 is 2.89 bits per heavy atom. The van der Waals surface area contributed by atoms with Crippen LogP contribution in [0.5, 0.6) is 11.5 Å². The minimum absolute atomic E-state index is 0.144. The van der Waals surface area contributed by atoms with Crippen LogP contribution >= 0.6 is 0 Å². The minimum atomic E-state index is -0.528. The fourth-order valence-corrected chi connectivity index (χ4v) is 3.23. The van der Waals surface area contributed by atoms with E-state index >= 15 is 0 Å². The number of benzene rings is 2. The number of hydrogen-bond donors (Lipinski definition) is 1. The number of aryl methyl sites for hydroxylation is 2. The summed E-state index contributed by atoms with van der Waals surface area (Å²) in [6.07, 6.45) is 4.29. The largest absolute Gasteiger partial charge is 0.454 e. The Morgan fingerprint density at radius 1 is 1.25 bits per heavy atom. The SMILES string of the molecule is Cn1ccnc1[C@H](NC(=O)CCc1ccc2c(c1)OCO2)c1cccc(F)c1. The van der Waals surface area contributed by atoms with Crippen LogP contribution in [0.2, 0.25) is 0 Å². The molecule has 0 aliphatic carbocycles. The number of rotatable bonds is 6. The second-order valence-corrected chi connectivity index (χ2v) is 6.64. The molecule has 3 aromatic rings. The van der Waals surface area contributed by atoms with E-state index in [2.05, 4.69) is 10.3 Å². The van der Waals surface area contributed by atoms with Gasteiger partial charge in [0.25, 0.3) is 0 Å². The number of halogens is 1. The van der Waals surface area contributed by atoms with Crippen molar-refractivity contribution in [1.82, 2.24) is 14.9 Å². The van der Waals surface area contributed by atoms with Crippen molar-refractivity contribution in [3.63, 3.8) is 0 Å². The lowest BCUT2D eigenvalue weighted by atomic mass is 10.0. The van der Waals surface area contributed by atoms with Crippen LogP contribution in [0.25, 0.3) is 0 Å². The van der Waals surface area contributed by atoms with Crippen LogP contribution in [0.1, 0.15) is 29.4 Å². The van der Waals surface area contributed by atoms with Gasteiger partial charge in [-0.1, -0.05) is 18.2 Å². The molecular weight excluding hydrogens is 361 g/mol. The van der Waals surface area contributed by atoms with Crippen LogP contribution in [0.3, 0.4) is 0 Å². The predicted octanol–water partition coefficient (Wildman–Crippen LogP) is 3.13. The number of ether oxygens (including phenoxy) is 2. The monoisotopic (exact) mass is 381 g/mol. The number of amides is 1. The molecule has 1 amide bonds. The van der Waals surface area contributed by atoms with Crippen LogP contribution < -0.4 is 14.8 Å². The van der Waals surface area contributed by atoms with E-state index in [0.29, 0.717) is 29.3 Å². The molecule has 7 heteroatoms. The lowest BCUT2D eigenvalue weighted by Gasteiger charge is -2.19. The van der Waals surface area contributed by atoms with Gasteiger partial charge in [0, 0.05) is 25.9 Å². The molecule has 1 aromatic heterocycles. The van der Waals surface area contributed by atoms with Crippen LogP contribution in [-0.4, -0.2) is 22.3 Å². The lowest BCUT2D eigenvalue weighted by Crippen LogP contribution is -2.31. The lowest BCUT2D eigenvalue weighted by molar-refractivity contribution is -0.121. The summed E-state index contributed by atoms with van der Waals surface area (Å²) in [5.41, 5.74) is 1.63. The van der Waals surface area contributed by atoms with Gasteiger partial charge in [-0.2, -0.15) is 0 Å². The summed E-state index contributed by atoms with van der Waals surface area (Å²) in [5, 5.41) is 2.98. The maximum atomic E-state index is 13.7. The van der Waals surface area contributed by atoms with Gasteiger partial charge >= 0.3 is 0 Å². The molecule has 1 N–H and O–H groups in total. The molecule has 0 radical (unpaired) electrons. The summed E-state index contributed by atoms with van der Waals surface area (Å²) in [4.78, 5) is 17.0. The minimum Gasteiger partial charge on any atom is -0.454 e. The standard InChI is InChI=1S/C21H20FN3O3/c1-25-10-9-23-21(25)20(15-3-2-4-16(22)12-15)24-19(26)8-6-14-5-7-17-18(11-14)28-13-27-17/h2-5,7,9-12,20H,6,8,13H2,1H3,(H,24,26)/t20-/m1/s1. The van der Waals surface area contributed by atoms with E-state index in [1.54, 1.807) is 24.5 Å². The molecule has 4 rings (SSSR count). The van der Waals surface area contributed by atoms with Crippen LogP contribution in [0.15, 0.2) is 54.9 Å². The maximum absolute atomic E-state index is 13.7. The molecule has 28 heavy (non-hydrogen) atoms. The Kier molecular flexibility index (Phi) is 4.97. The van der Waals surface area contributed by atoms with Crippen molar-refractivity contribution in [3.05, 3.63) is 77.6 Å². The number of imidazole rings is 1. The van der Waals surface area contributed by atoms with E-state index in [9.17, 15) is 9.18 Å². The number of hydrogen-bond acceptors (Lipinski definition) is 4. The number of aromatic nitrogens is 2. The van der Waals surface area contributed by atoms with Crippen molar-refractivity contribution in [2.24, 2.45) is 7.05 Å². The van der Waals surface area contributed by atoms with Gasteiger partial charge < -0.3 is 19.4 Å². The van der Waals surface area contributed by atoms with Gasteiger partial charge in [0.1, 0.15) is 17.7 Å². The van der Waals surface area contributed by atoms with Crippen LogP contribution in [-0.2, 0) is 18.3 Å². The Morgan fingerprint density at radius 2 is 2.11 bits per heavy atom. The summed E-state index contributed by atoms with van der Waals surface area (Å²) >= 11 is 0. The van der Waals surface area contributed by atoms with E-state index in [-0.39, 0.29) is 24.9 Å². The number of carbonyl (C=O) groups excluding carboxylic acids is 1. The van der Waals surface area contributed by atoms with E-state index in [1.807, 2.05) is 29.8 Å². The highest BCUT2D eigenvalue weighted by molar-refractivity contribution is 5.77. The van der Waals surface area contributed by atoms with Crippen molar-refractivity contribution >= 4 is 5.91 Å². The first-order valence-electron chi connectivity index (χ1n) is 9.01. The van der Waals surface area contributed by atoms with Crippen molar-refractivity contribution in [1.29, 1.82) is 0 Å². The third-order valence-electron chi connectivity index (χ3n) is 4.68. The third-order valence-corrected chi connectivity index (χ3v) is 4.68. The number of nitrogens with one attached hydrogen (secondary N) is 1.